The first-order chi connectivity index (χ1) is 15.5. The fraction of sp³-hybridized carbons (Fsp3) is 0.375. The van der Waals surface area contributed by atoms with Crippen LogP contribution < -0.4 is 14.8 Å². The van der Waals surface area contributed by atoms with Gasteiger partial charge in [-0.2, -0.15) is 0 Å². The fourth-order valence-electron chi connectivity index (χ4n) is 4.77. The number of rotatable bonds is 4. The molecule has 32 heavy (non-hydrogen) atoms. The lowest BCUT2D eigenvalue weighted by Crippen LogP contribution is -2.48. The summed E-state index contributed by atoms with van der Waals surface area (Å²) < 4.78 is 11.6. The molecule has 1 fully saturated rings. The second kappa shape index (κ2) is 7.85. The molecule has 2 aliphatic heterocycles. The molecular weight excluding hydrogens is 410 g/mol. The Labute approximate surface area is 186 Å². The van der Waals surface area contributed by atoms with Gasteiger partial charge in [-0.05, 0) is 42.5 Å². The number of amides is 4. The predicted octanol–water partition coefficient (Wildman–Crippen LogP) is 2.07. The Morgan fingerprint density at radius 1 is 1.16 bits per heavy atom. The second-order valence-electron chi connectivity index (χ2n) is 8.51. The van der Waals surface area contributed by atoms with Crippen LogP contribution in [-0.2, 0) is 21.5 Å². The summed E-state index contributed by atoms with van der Waals surface area (Å²) in [4.78, 5) is 41.5. The molecule has 1 saturated heterocycles. The Bertz CT molecular complexity index is 1090. The number of para-hydroxylation sites is 2. The number of hydrogen-bond acceptors (Lipinski definition) is 5. The van der Waals surface area contributed by atoms with Crippen molar-refractivity contribution in [1.29, 1.82) is 0 Å². The average molecular weight is 435 g/mol. The summed E-state index contributed by atoms with van der Waals surface area (Å²) in [5.41, 5.74) is 0.821. The molecule has 2 aromatic carbocycles. The van der Waals surface area contributed by atoms with Crippen LogP contribution in [0.2, 0.25) is 0 Å². The van der Waals surface area contributed by atoms with E-state index < -0.39 is 11.6 Å². The lowest BCUT2D eigenvalue weighted by atomic mass is 9.76. The van der Waals surface area contributed by atoms with E-state index in [1.165, 1.54) is 4.90 Å². The molecule has 2 heterocycles. The van der Waals surface area contributed by atoms with Gasteiger partial charge in [0.1, 0.15) is 18.7 Å². The summed E-state index contributed by atoms with van der Waals surface area (Å²) >= 11 is 0. The van der Waals surface area contributed by atoms with Gasteiger partial charge in [0.05, 0.1) is 6.54 Å². The van der Waals surface area contributed by atoms with Crippen LogP contribution in [0.5, 0.6) is 11.5 Å². The monoisotopic (exact) mass is 435 g/mol. The van der Waals surface area contributed by atoms with E-state index in [1.54, 1.807) is 7.05 Å². The minimum atomic E-state index is -1.07. The number of nitrogens with zero attached hydrogens (tertiary/aromatic N) is 2. The Kier molecular flexibility index (Phi) is 5.00. The van der Waals surface area contributed by atoms with Crippen molar-refractivity contribution in [2.45, 2.75) is 30.9 Å². The Hall–Kier alpha value is -3.55. The number of fused-ring (bicyclic) bond motifs is 3. The lowest BCUT2D eigenvalue weighted by molar-refractivity contribution is -0.139. The molecule has 2 aromatic rings. The zero-order chi connectivity index (χ0) is 22.3. The van der Waals surface area contributed by atoms with Crippen LogP contribution >= 0.6 is 0 Å². The van der Waals surface area contributed by atoms with E-state index in [1.807, 2.05) is 48.5 Å². The standard InChI is InChI=1S/C24H25N3O5/c1-26(13-17-15-31-19-10-4-5-11-20(19)32-17)21(28)14-27-22(29)24(25-23(27)30)12-6-8-16-7-2-3-9-18(16)24/h2-5,7,9-11,17H,6,8,12-15H2,1H3,(H,25,30)/t17-,24-/m0/s1. The van der Waals surface area contributed by atoms with Crippen molar-refractivity contribution >= 4 is 17.8 Å². The smallest absolute Gasteiger partial charge is 0.325 e. The molecule has 1 N–H and O–H groups in total. The van der Waals surface area contributed by atoms with Crippen molar-refractivity contribution in [2.75, 3.05) is 26.7 Å². The van der Waals surface area contributed by atoms with Crippen molar-refractivity contribution < 1.29 is 23.9 Å². The molecule has 1 spiro atoms. The molecule has 0 radical (unpaired) electrons. The van der Waals surface area contributed by atoms with Crippen molar-refractivity contribution in [3.63, 3.8) is 0 Å². The van der Waals surface area contributed by atoms with Gasteiger partial charge in [-0.25, -0.2) is 4.79 Å². The van der Waals surface area contributed by atoms with E-state index in [0.717, 1.165) is 28.9 Å². The van der Waals surface area contributed by atoms with Gasteiger partial charge in [0, 0.05) is 7.05 Å². The number of nitrogens with one attached hydrogen (secondary N) is 1. The highest BCUT2D eigenvalue weighted by atomic mass is 16.6. The second-order valence-corrected chi connectivity index (χ2v) is 8.51. The first-order valence-electron chi connectivity index (χ1n) is 10.8. The summed E-state index contributed by atoms with van der Waals surface area (Å²) in [6.45, 7) is 0.289. The van der Waals surface area contributed by atoms with E-state index in [-0.39, 0.29) is 31.0 Å². The third-order valence-corrected chi connectivity index (χ3v) is 6.41. The minimum Gasteiger partial charge on any atom is -0.486 e. The lowest BCUT2D eigenvalue weighted by Gasteiger charge is -2.33. The molecular formula is C24H25N3O5. The molecule has 3 aliphatic rings. The van der Waals surface area contributed by atoms with Crippen LogP contribution in [-0.4, -0.2) is 60.5 Å². The molecule has 0 unspecified atom stereocenters. The number of urea groups is 1. The molecule has 2 atom stereocenters. The molecule has 5 rings (SSSR count). The highest BCUT2D eigenvalue weighted by molar-refractivity contribution is 6.09. The molecule has 8 heteroatoms. The van der Waals surface area contributed by atoms with Crippen LogP contribution in [0.4, 0.5) is 4.79 Å². The largest absolute Gasteiger partial charge is 0.486 e. The number of hydrogen-bond donors (Lipinski definition) is 1. The Morgan fingerprint density at radius 3 is 2.75 bits per heavy atom. The maximum absolute atomic E-state index is 13.4. The summed E-state index contributed by atoms with van der Waals surface area (Å²) in [5, 5.41) is 2.88. The third-order valence-electron chi connectivity index (χ3n) is 6.41. The summed E-state index contributed by atoms with van der Waals surface area (Å²) in [7, 11) is 1.64. The maximum Gasteiger partial charge on any atom is 0.325 e. The van der Waals surface area contributed by atoms with Gasteiger partial charge in [0.15, 0.2) is 17.6 Å². The van der Waals surface area contributed by atoms with E-state index in [4.69, 9.17) is 9.47 Å². The van der Waals surface area contributed by atoms with Crippen molar-refractivity contribution in [2.24, 2.45) is 0 Å². The number of carbonyl (C=O) groups excluding carboxylic acids is 3. The molecule has 4 amide bonds. The van der Waals surface area contributed by atoms with Crippen molar-refractivity contribution in [3.05, 3.63) is 59.7 Å². The van der Waals surface area contributed by atoms with E-state index >= 15 is 0 Å². The number of imide groups is 1. The summed E-state index contributed by atoms with van der Waals surface area (Å²) in [5.74, 6) is 0.617. The molecule has 166 valence electrons. The summed E-state index contributed by atoms with van der Waals surface area (Å²) in [6.07, 6.45) is 1.86. The van der Waals surface area contributed by atoms with Gasteiger partial charge in [-0.1, -0.05) is 36.4 Å². The number of likely N-dealkylation sites (N-methyl/N-ethyl adjacent to an activating group) is 1. The zero-order valence-corrected chi connectivity index (χ0v) is 17.9. The highest BCUT2D eigenvalue weighted by Crippen LogP contribution is 2.39. The molecule has 0 aromatic heterocycles. The normalized spacial score (nSPS) is 23.7. The van der Waals surface area contributed by atoms with Crippen LogP contribution in [0.25, 0.3) is 0 Å². The molecule has 0 bridgehead atoms. The predicted molar refractivity (Wildman–Crippen MR) is 115 cm³/mol. The van der Waals surface area contributed by atoms with Gasteiger partial charge >= 0.3 is 6.03 Å². The molecule has 0 saturated carbocycles. The van der Waals surface area contributed by atoms with Crippen LogP contribution in [0.1, 0.15) is 24.0 Å². The van der Waals surface area contributed by atoms with Crippen LogP contribution in [0.15, 0.2) is 48.5 Å². The first-order valence-corrected chi connectivity index (χ1v) is 10.8. The summed E-state index contributed by atoms with van der Waals surface area (Å²) in [6, 6.07) is 14.5. The van der Waals surface area contributed by atoms with E-state index in [2.05, 4.69) is 5.32 Å². The Morgan fingerprint density at radius 2 is 1.91 bits per heavy atom. The maximum atomic E-state index is 13.4. The van der Waals surface area contributed by atoms with Gasteiger partial charge in [0.25, 0.3) is 5.91 Å². The molecule has 1 aliphatic carbocycles. The van der Waals surface area contributed by atoms with Gasteiger partial charge in [-0.15, -0.1) is 0 Å². The van der Waals surface area contributed by atoms with Crippen LogP contribution in [0.3, 0.4) is 0 Å². The fourth-order valence-corrected chi connectivity index (χ4v) is 4.77. The highest BCUT2D eigenvalue weighted by Gasteiger charge is 2.54. The third kappa shape index (κ3) is 3.36. The number of benzene rings is 2. The van der Waals surface area contributed by atoms with E-state index in [9.17, 15) is 14.4 Å². The zero-order valence-electron chi connectivity index (χ0n) is 17.9. The van der Waals surface area contributed by atoms with Gasteiger partial charge in [0.2, 0.25) is 5.91 Å². The minimum absolute atomic E-state index is 0.283. The molecule has 8 nitrogen and oxygen atoms in total. The van der Waals surface area contributed by atoms with Crippen molar-refractivity contribution in [1.82, 2.24) is 15.1 Å². The quantitative estimate of drug-likeness (QED) is 0.743. The number of carbonyl (C=O) groups is 3. The van der Waals surface area contributed by atoms with Crippen LogP contribution in [0, 0.1) is 0 Å². The average Bonchev–Trinajstić information content (AvgIpc) is 3.04. The SMILES string of the molecule is CN(C[C@H]1COc2ccccc2O1)C(=O)CN1C(=O)N[C@]2(CCCc3ccccc32)C1=O. The topological polar surface area (TPSA) is 88.2 Å². The van der Waals surface area contributed by atoms with Gasteiger partial charge < -0.3 is 19.7 Å². The van der Waals surface area contributed by atoms with Crippen molar-refractivity contribution in [3.8, 4) is 11.5 Å². The Balaban J connectivity index is 1.26. The van der Waals surface area contributed by atoms with Gasteiger partial charge in [-0.3, -0.25) is 14.5 Å². The van der Waals surface area contributed by atoms with E-state index in [0.29, 0.717) is 24.5 Å². The number of ether oxygens (including phenoxy) is 2. The first kappa shape index (κ1) is 20.4. The number of aryl methyl sites for hydroxylation is 1.